The van der Waals surface area contributed by atoms with E-state index in [1.54, 1.807) is 0 Å². The highest BCUT2D eigenvalue weighted by Gasteiger charge is 2.41. The van der Waals surface area contributed by atoms with Gasteiger partial charge in [0.25, 0.3) is 0 Å². The molecular weight excluding hydrogens is 234 g/mol. The second-order valence-electron chi connectivity index (χ2n) is 6.19. The van der Waals surface area contributed by atoms with E-state index in [9.17, 15) is 13.6 Å². The van der Waals surface area contributed by atoms with E-state index in [1.807, 2.05) is 0 Å². The third kappa shape index (κ3) is 3.30. The zero-order valence-electron chi connectivity index (χ0n) is 11.3. The Morgan fingerprint density at radius 3 is 2.56 bits per heavy atom. The number of halogens is 2. The smallest absolute Gasteiger partial charge is 0.248 e. The van der Waals surface area contributed by atoms with E-state index in [0.717, 1.165) is 25.7 Å². The van der Waals surface area contributed by atoms with Crippen LogP contribution in [0.4, 0.5) is 8.78 Å². The van der Waals surface area contributed by atoms with Gasteiger partial charge in [-0.2, -0.15) is 0 Å². The summed E-state index contributed by atoms with van der Waals surface area (Å²) in [5.74, 6) is -2.11. The molecule has 2 rings (SSSR count). The molecule has 2 fully saturated rings. The number of carbonyl (C=O) groups excluding carboxylic acids is 1. The molecule has 0 aromatic carbocycles. The Hall–Kier alpha value is -0.470. The molecule has 1 nitrogen and oxygen atoms in total. The van der Waals surface area contributed by atoms with Crippen molar-refractivity contribution in [3.05, 3.63) is 0 Å². The van der Waals surface area contributed by atoms with Crippen molar-refractivity contribution in [1.82, 2.24) is 0 Å². The third-order valence-electron chi connectivity index (χ3n) is 4.81. The predicted octanol–water partition coefficient (Wildman–Crippen LogP) is 4.60. The Bertz CT molecular complexity index is 301. The molecule has 2 aliphatic carbocycles. The molecule has 3 atom stereocenters. The normalized spacial score (nSPS) is 36.3. The second-order valence-corrected chi connectivity index (χ2v) is 6.19. The van der Waals surface area contributed by atoms with Gasteiger partial charge < -0.3 is 0 Å². The van der Waals surface area contributed by atoms with Crippen molar-refractivity contribution in [2.45, 2.75) is 70.6 Å². The van der Waals surface area contributed by atoms with Crippen LogP contribution < -0.4 is 0 Å². The summed E-state index contributed by atoms with van der Waals surface area (Å²) < 4.78 is 26.7. The number of Topliss-reactive ketones (excluding diaryl/α,β-unsaturated/α-hetero) is 1. The van der Waals surface area contributed by atoms with Gasteiger partial charge in [-0.25, -0.2) is 8.78 Å². The zero-order chi connectivity index (χ0) is 13.2. The maximum Gasteiger partial charge on any atom is 0.248 e. The highest BCUT2D eigenvalue weighted by Crippen LogP contribution is 2.40. The monoisotopic (exact) mass is 258 g/mol. The molecule has 18 heavy (non-hydrogen) atoms. The van der Waals surface area contributed by atoms with Crippen LogP contribution in [0, 0.1) is 17.8 Å². The Morgan fingerprint density at radius 1 is 1.17 bits per heavy atom. The number of ketones is 1. The lowest BCUT2D eigenvalue weighted by Gasteiger charge is -2.33. The van der Waals surface area contributed by atoms with Crippen molar-refractivity contribution in [2.75, 3.05) is 0 Å². The standard InChI is InChI=1S/C15H24F2O/c1-2-11-5-3-6-12(9-11)14(18)13-7-4-8-15(16,17)10-13/h11-13H,2-10H2,1H3. The molecule has 0 saturated heterocycles. The van der Waals surface area contributed by atoms with Gasteiger partial charge in [0, 0.05) is 24.7 Å². The fraction of sp³-hybridized carbons (Fsp3) is 0.933. The average Bonchev–Trinajstić information content (AvgIpc) is 2.37. The summed E-state index contributed by atoms with van der Waals surface area (Å²) in [7, 11) is 0. The van der Waals surface area contributed by atoms with Gasteiger partial charge in [0.1, 0.15) is 5.78 Å². The van der Waals surface area contributed by atoms with E-state index in [4.69, 9.17) is 0 Å². The van der Waals surface area contributed by atoms with Gasteiger partial charge in [0.15, 0.2) is 0 Å². The minimum Gasteiger partial charge on any atom is -0.299 e. The van der Waals surface area contributed by atoms with Crippen LogP contribution in [0.3, 0.4) is 0 Å². The van der Waals surface area contributed by atoms with Crippen LogP contribution in [0.15, 0.2) is 0 Å². The van der Waals surface area contributed by atoms with Crippen molar-refractivity contribution >= 4 is 5.78 Å². The van der Waals surface area contributed by atoms with Crippen LogP contribution >= 0.6 is 0 Å². The molecule has 0 radical (unpaired) electrons. The fourth-order valence-corrected chi connectivity index (χ4v) is 3.67. The van der Waals surface area contributed by atoms with E-state index in [-0.39, 0.29) is 30.5 Å². The summed E-state index contributed by atoms with van der Waals surface area (Å²) in [6, 6.07) is 0. The fourth-order valence-electron chi connectivity index (χ4n) is 3.67. The number of alkyl halides is 2. The summed E-state index contributed by atoms with van der Waals surface area (Å²) in [5.41, 5.74) is 0. The average molecular weight is 258 g/mol. The quantitative estimate of drug-likeness (QED) is 0.723. The first-order chi connectivity index (χ1) is 8.52. The number of hydrogen-bond donors (Lipinski definition) is 0. The van der Waals surface area contributed by atoms with Crippen LogP contribution in [0.2, 0.25) is 0 Å². The molecule has 0 N–H and O–H groups in total. The molecule has 0 heterocycles. The molecule has 0 aromatic rings. The van der Waals surface area contributed by atoms with Gasteiger partial charge in [0.2, 0.25) is 5.92 Å². The van der Waals surface area contributed by atoms with E-state index < -0.39 is 5.92 Å². The van der Waals surface area contributed by atoms with Gasteiger partial charge in [-0.1, -0.05) is 26.2 Å². The van der Waals surface area contributed by atoms with E-state index in [0.29, 0.717) is 18.8 Å². The van der Waals surface area contributed by atoms with E-state index in [2.05, 4.69) is 6.92 Å². The van der Waals surface area contributed by atoms with Crippen LogP contribution in [-0.2, 0) is 4.79 Å². The van der Waals surface area contributed by atoms with E-state index in [1.165, 1.54) is 6.42 Å². The highest BCUT2D eigenvalue weighted by molar-refractivity contribution is 5.83. The largest absolute Gasteiger partial charge is 0.299 e. The Morgan fingerprint density at radius 2 is 1.89 bits per heavy atom. The van der Waals surface area contributed by atoms with Gasteiger partial charge in [-0.3, -0.25) is 4.79 Å². The number of rotatable bonds is 3. The van der Waals surface area contributed by atoms with Crippen molar-refractivity contribution in [2.24, 2.45) is 17.8 Å². The van der Waals surface area contributed by atoms with Gasteiger partial charge in [-0.15, -0.1) is 0 Å². The van der Waals surface area contributed by atoms with E-state index >= 15 is 0 Å². The summed E-state index contributed by atoms with van der Waals surface area (Å²) in [4.78, 5) is 12.4. The topological polar surface area (TPSA) is 17.1 Å². The Balaban J connectivity index is 1.94. The molecule has 0 aromatic heterocycles. The van der Waals surface area contributed by atoms with Crippen LogP contribution in [0.25, 0.3) is 0 Å². The zero-order valence-corrected chi connectivity index (χ0v) is 11.3. The molecule has 0 aliphatic heterocycles. The molecule has 2 aliphatic rings. The molecule has 3 heteroatoms. The summed E-state index contributed by atoms with van der Waals surface area (Å²) in [5, 5.41) is 0. The van der Waals surface area contributed by atoms with Crippen molar-refractivity contribution in [3.63, 3.8) is 0 Å². The summed E-state index contributed by atoms with van der Waals surface area (Å²) in [6.07, 6.45) is 6.26. The molecule has 0 bridgehead atoms. The minimum absolute atomic E-state index is 0.0287. The van der Waals surface area contributed by atoms with Gasteiger partial charge in [-0.05, 0) is 31.6 Å². The molecule has 3 unspecified atom stereocenters. The Kier molecular flexibility index (Phi) is 4.39. The predicted molar refractivity (Wildman–Crippen MR) is 67.7 cm³/mol. The molecule has 0 amide bonds. The number of carbonyl (C=O) groups is 1. The summed E-state index contributed by atoms with van der Waals surface area (Å²) >= 11 is 0. The molecule has 104 valence electrons. The third-order valence-corrected chi connectivity index (χ3v) is 4.81. The first-order valence-corrected chi connectivity index (χ1v) is 7.43. The maximum absolute atomic E-state index is 13.4. The van der Waals surface area contributed by atoms with Crippen molar-refractivity contribution < 1.29 is 13.6 Å². The molecule has 0 spiro atoms. The number of hydrogen-bond acceptors (Lipinski definition) is 1. The van der Waals surface area contributed by atoms with Gasteiger partial charge >= 0.3 is 0 Å². The van der Waals surface area contributed by atoms with Crippen molar-refractivity contribution in [3.8, 4) is 0 Å². The van der Waals surface area contributed by atoms with Crippen molar-refractivity contribution in [1.29, 1.82) is 0 Å². The lowest BCUT2D eigenvalue weighted by molar-refractivity contribution is -0.135. The lowest BCUT2D eigenvalue weighted by Crippen LogP contribution is -2.35. The highest BCUT2D eigenvalue weighted by atomic mass is 19.3. The maximum atomic E-state index is 13.4. The van der Waals surface area contributed by atoms with Crippen LogP contribution in [0.1, 0.15) is 64.7 Å². The summed E-state index contributed by atoms with van der Waals surface area (Å²) in [6.45, 7) is 2.16. The van der Waals surface area contributed by atoms with Crippen LogP contribution in [-0.4, -0.2) is 11.7 Å². The molecular formula is C15H24F2O. The van der Waals surface area contributed by atoms with Gasteiger partial charge in [0.05, 0.1) is 0 Å². The molecule has 2 saturated carbocycles. The van der Waals surface area contributed by atoms with Crippen LogP contribution in [0.5, 0.6) is 0 Å². The first-order valence-electron chi connectivity index (χ1n) is 7.43. The lowest BCUT2D eigenvalue weighted by atomic mass is 9.72. The second kappa shape index (κ2) is 5.66. The first kappa shape index (κ1) is 14.0. The minimum atomic E-state index is -2.60. The Labute approximate surface area is 108 Å². The SMILES string of the molecule is CCC1CCCC(C(=O)C2CCCC(F)(F)C2)C1.